The second kappa shape index (κ2) is 6.60. The van der Waals surface area contributed by atoms with E-state index in [-0.39, 0.29) is 13.0 Å². The number of aryl methyl sites for hydroxylation is 1. The van der Waals surface area contributed by atoms with Crippen molar-refractivity contribution in [1.82, 2.24) is 9.47 Å². The first-order valence-electron chi connectivity index (χ1n) is 7.94. The molecule has 7 heteroatoms. The van der Waals surface area contributed by atoms with E-state index in [1.165, 1.54) is 12.1 Å². The Hall–Kier alpha value is -2.41. The highest BCUT2D eigenvalue weighted by molar-refractivity contribution is 5.90. The Balaban J connectivity index is 2.08. The van der Waals surface area contributed by atoms with Crippen LogP contribution in [0.2, 0.25) is 0 Å². The van der Waals surface area contributed by atoms with Crippen LogP contribution in [0.25, 0.3) is 10.9 Å². The lowest BCUT2D eigenvalue weighted by atomic mass is 10.0. The van der Waals surface area contributed by atoms with Gasteiger partial charge >= 0.3 is 11.9 Å². The molecule has 0 aliphatic carbocycles. The molecule has 1 aliphatic heterocycles. The zero-order chi connectivity index (χ0) is 17.3. The molecule has 0 bridgehead atoms. The number of likely N-dealkylation sites (tertiary alicyclic amines) is 1. The number of rotatable bonds is 6. The lowest BCUT2D eigenvalue weighted by molar-refractivity contribution is -0.143. The van der Waals surface area contributed by atoms with Crippen LogP contribution in [-0.2, 0) is 16.1 Å². The molecule has 2 heterocycles. The number of halogens is 1. The van der Waals surface area contributed by atoms with Crippen LogP contribution in [-0.4, -0.2) is 44.7 Å². The average molecular weight is 334 g/mol. The number of carboxylic acid groups (broad SMARTS) is 2. The van der Waals surface area contributed by atoms with Gasteiger partial charge in [0.25, 0.3) is 0 Å². The highest BCUT2D eigenvalue weighted by Crippen LogP contribution is 2.33. The van der Waals surface area contributed by atoms with E-state index in [0.717, 1.165) is 12.8 Å². The van der Waals surface area contributed by atoms with E-state index < -0.39 is 23.8 Å². The van der Waals surface area contributed by atoms with Crippen molar-refractivity contribution in [3.05, 3.63) is 35.8 Å². The maximum Gasteiger partial charge on any atom is 0.325 e. The number of benzene rings is 1. The zero-order valence-corrected chi connectivity index (χ0v) is 13.1. The summed E-state index contributed by atoms with van der Waals surface area (Å²) >= 11 is 0. The topological polar surface area (TPSA) is 82.8 Å². The summed E-state index contributed by atoms with van der Waals surface area (Å²) in [6.07, 6.45) is 3.46. The van der Waals surface area contributed by atoms with E-state index in [1.807, 2.05) is 4.90 Å². The lowest BCUT2D eigenvalue weighted by Crippen LogP contribution is -2.31. The maximum atomic E-state index is 13.6. The molecule has 6 nitrogen and oxygen atoms in total. The minimum absolute atomic E-state index is 0.110. The van der Waals surface area contributed by atoms with Gasteiger partial charge in [-0.1, -0.05) is 0 Å². The van der Waals surface area contributed by atoms with Crippen molar-refractivity contribution in [2.75, 3.05) is 13.1 Å². The summed E-state index contributed by atoms with van der Waals surface area (Å²) in [5.74, 6) is -2.33. The van der Waals surface area contributed by atoms with Crippen molar-refractivity contribution < 1.29 is 24.2 Å². The molecule has 0 spiro atoms. The quantitative estimate of drug-likeness (QED) is 0.848. The van der Waals surface area contributed by atoms with Gasteiger partial charge < -0.3 is 14.8 Å². The Morgan fingerprint density at radius 1 is 1.21 bits per heavy atom. The number of nitrogens with zero attached hydrogens (tertiary/aromatic N) is 2. The third-order valence-electron chi connectivity index (χ3n) is 4.48. The third kappa shape index (κ3) is 3.12. The Bertz CT molecular complexity index is 780. The van der Waals surface area contributed by atoms with Crippen molar-refractivity contribution >= 4 is 22.8 Å². The van der Waals surface area contributed by atoms with Gasteiger partial charge in [-0.3, -0.25) is 14.5 Å². The first-order valence-corrected chi connectivity index (χ1v) is 7.94. The maximum absolute atomic E-state index is 13.6. The van der Waals surface area contributed by atoms with Crippen LogP contribution < -0.4 is 0 Å². The molecule has 3 rings (SSSR count). The Morgan fingerprint density at radius 2 is 1.92 bits per heavy atom. The van der Waals surface area contributed by atoms with E-state index in [2.05, 4.69) is 0 Å². The monoisotopic (exact) mass is 334 g/mol. The number of carbonyl (C=O) groups is 2. The van der Waals surface area contributed by atoms with Gasteiger partial charge in [0, 0.05) is 23.7 Å². The number of carboxylic acids is 2. The van der Waals surface area contributed by atoms with Gasteiger partial charge in [0.05, 0.1) is 11.9 Å². The molecule has 0 unspecified atom stereocenters. The second-order valence-electron chi connectivity index (χ2n) is 6.07. The smallest absolute Gasteiger partial charge is 0.325 e. The van der Waals surface area contributed by atoms with Gasteiger partial charge in [0.1, 0.15) is 11.9 Å². The summed E-state index contributed by atoms with van der Waals surface area (Å²) < 4.78 is 15.3. The molecule has 1 aliphatic rings. The van der Waals surface area contributed by atoms with E-state index in [9.17, 15) is 19.1 Å². The first-order chi connectivity index (χ1) is 11.5. The number of aliphatic carboxylic acids is 2. The molecule has 24 heavy (non-hydrogen) atoms. The van der Waals surface area contributed by atoms with Crippen LogP contribution in [0, 0.1) is 5.82 Å². The normalized spacial score (nSPS) is 16.5. The van der Waals surface area contributed by atoms with Crippen molar-refractivity contribution in [2.45, 2.75) is 31.8 Å². The number of aromatic nitrogens is 1. The van der Waals surface area contributed by atoms with E-state index in [1.54, 1.807) is 16.8 Å². The van der Waals surface area contributed by atoms with Crippen molar-refractivity contribution in [1.29, 1.82) is 0 Å². The summed E-state index contributed by atoms with van der Waals surface area (Å²) in [5.41, 5.74) is 1.11. The Kier molecular flexibility index (Phi) is 4.53. The third-order valence-corrected chi connectivity index (χ3v) is 4.48. The summed E-state index contributed by atoms with van der Waals surface area (Å²) in [7, 11) is 0. The van der Waals surface area contributed by atoms with Gasteiger partial charge in [-0.05, 0) is 44.1 Å². The molecular formula is C17H19FN2O4. The molecule has 2 N–H and O–H groups in total. The predicted molar refractivity (Wildman–Crippen MR) is 85.3 cm³/mol. The van der Waals surface area contributed by atoms with Gasteiger partial charge in [-0.15, -0.1) is 0 Å². The van der Waals surface area contributed by atoms with Crippen LogP contribution >= 0.6 is 0 Å². The number of hydrogen-bond acceptors (Lipinski definition) is 3. The van der Waals surface area contributed by atoms with Crippen molar-refractivity contribution in [2.24, 2.45) is 0 Å². The zero-order valence-electron chi connectivity index (χ0n) is 13.1. The van der Waals surface area contributed by atoms with E-state index >= 15 is 0 Å². The average Bonchev–Trinajstić information content (AvgIpc) is 3.14. The van der Waals surface area contributed by atoms with Gasteiger partial charge in [0.2, 0.25) is 0 Å². The first kappa shape index (κ1) is 16.4. The molecule has 1 saturated heterocycles. The number of fused-ring (bicyclic) bond motifs is 1. The van der Waals surface area contributed by atoms with Crippen LogP contribution in [0.3, 0.4) is 0 Å². The van der Waals surface area contributed by atoms with E-state index in [0.29, 0.717) is 29.6 Å². The highest BCUT2D eigenvalue weighted by atomic mass is 19.1. The van der Waals surface area contributed by atoms with Gasteiger partial charge in [-0.25, -0.2) is 4.39 Å². The fourth-order valence-electron chi connectivity index (χ4n) is 3.40. The summed E-state index contributed by atoms with van der Waals surface area (Å²) in [5, 5.41) is 19.3. The molecule has 0 amide bonds. The van der Waals surface area contributed by atoms with Crippen LogP contribution in [0.1, 0.15) is 30.9 Å². The fraction of sp³-hybridized carbons (Fsp3) is 0.412. The predicted octanol–water partition coefficient (Wildman–Crippen LogP) is 2.48. The second-order valence-corrected chi connectivity index (χ2v) is 6.07. The van der Waals surface area contributed by atoms with Crippen molar-refractivity contribution in [3.8, 4) is 0 Å². The molecule has 1 atom stereocenters. The van der Waals surface area contributed by atoms with Crippen LogP contribution in [0.5, 0.6) is 0 Å². The van der Waals surface area contributed by atoms with E-state index in [4.69, 9.17) is 5.11 Å². The standard InChI is InChI=1S/C17H19FN2O4/c18-11-3-4-12-13(16(17(23)24)19-6-1-2-7-19)10-20(14(12)9-11)8-5-15(21)22/h3-4,9-10,16H,1-2,5-8H2,(H,21,22)(H,23,24)/t16-/m1/s1. The van der Waals surface area contributed by atoms with Gasteiger partial charge in [-0.2, -0.15) is 0 Å². The summed E-state index contributed by atoms with van der Waals surface area (Å²) in [6.45, 7) is 1.58. The van der Waals surface area contributed by atoms with Crippen molar-refractivity contribution in [3.63, 3.8) is 0 Å². The largest absolute Gasteiger partial charge is 0.481 e. The number of hydrogen-bond donors (Lipinski definition) is 2. The summed E-state index contributed by atoms with van der Waals surface area (Å²) in [6, 6.07) is 3.40. The molecule has 1 aromatic heterocycles. The minimum atomic E-state index is -0.955. The van der Waals surface area contributed by atoms with Crippen LogP contribution in [0.4, 0.5) is 4.39 Å². The lowest BCUT2D eigenvalue weighted by Gasteiger charge is -2.23. The van der Waals surface area contributed by atoms with Gasteiger partial charge in [0.15, 0.2) is 0 Å². The molecule has 0 saturated carbocycles. The Labute approximate surface area is 138 Å². The fourth-order valence-corrected chi connectivity index (χ4v) is 3.40. The van der Waals surface area contributed by atoms with Crippen LogP contribution in [0.15, 0.2) is 24.4 Å². The Morgan fingerprint density at radius 3 is 2.54 bits per heavy atom. The molecule has 0 radical (unpaired) electrons. The molecule has 1 aromatic carbocycles. The SMILES string of the molecule is O=C(O)CCn1cc([C@H](C(=O)O)N2CCCC2)c2ccc(F)cc21. The molecule has 2 aromatic rings. The molecule has 128 valence electrons. The minimum Gasteiger partial charge on any atom is -0.481 e. The molecule has 1 fully saturated rings. The highest BCUT2D eigenvalue weighted by Gasteiger charge is 2.32. The molecular weight excluding hydrogens is 315 g/mol. The summed E-state index contributed by atoms with van der Waals surface area (Å²) in [4.78, 5) is 24.6.